The second-order valence-corrected chi connectivity index (χ2v) is 4.45. The third-order valence-electron chi connectivity index (χ3n) is 2.82. The van der Waals surface area contributed by atoms with Gasteiger partial charge in [0.25, 0.3) is 0 Å². The molecule has 0 amide bonds. The van der Waals surface area contributed by atoms with Crippen LogP contribution >= 0.6 is 0 Å². The molecule has 1 heterocycles. The van der Waals surface area contributed by atoms with E-state index in [1.54, 1.807) is 0 Å². The van der Waals surface area contributed by atoms with Crippen LogP contribution in [0.5, 0.6) is 0 Å². The molecule has 1 atom stereocenters. The molecule has 1 rings (SSSR count). The number of hydrogen-bond donors (Lipinski definition) is 1. The van der Waals surface area contributed by atoms with Crippen LogP contribution in [0.3, 0.4) is 0 Å². The molecule has 0 fully saturated rings. The average Bonchev–Trinajstić information content (AvgIpc) is 2.76. The number of ether oxygens (including phenoxy) is 1. The van der Waals surface area contributed by atoms with Gasteiger partial charge in [0, 0.05) is 18.8 Å². The van der Waals surface area contributed by atoms with Crippen LogP contribution in [0.25, 0.3) is 0 Å². The van der Waals surface area contributed by atoms with Crippen molar-refractivity contribution in [2.75, 3.05) is 13.2 Å². The molecule has 1 unspecified atom stereocenters. The van der Waals surface area contributed by atoms with Gasteiger partial charge >= 0.3 is 0 Å². The van der Waals surface area contributed by atoms with Gasteiger partial charge in [0.1, 0.15) is 0 Å². The van der Waals surface area contributed by atoms with Crippen molar-refractivity contribution in [1.82, 2.24) is 9.78 Å². The van der Waals surface area contributed by atoms with E-state index < -0.39 is 0 Å². The van der Waals surface area contributed by atoms with E-state index in [2.05, 4.69) is 25.1 Å². The molecular weight excluding hydrogens is 214 g/mol. The minimum Gasteiger partial charge on any atom is -0.380 e. The zero-order chi connectivity index (χ0) is 12.5. The maximum atomic E-state index is 5.91. The summed E-state index contributed by atoms with van der Waals surface area (Å²) >= 11 is 0. The first-order valence-electron chi connectivity index (χ1n) is 6.60. The van der Waals surface area contributed by atoms with Crippen molar-refractivity contribution in [3.63, 3.8) is 0 Å². The van der Waals surface area contributed by atoms with Crippen LogP contribution in [0, 0.1) is 0 Å². The van der Waals surface area contributed by atoms with Gasteiger partial charge in [-0.05, 0) is 24.8 Å². The van der Waals surface area contributed by atoms with Gasteiger partial charge in [0.15, 0.2) is 0 Å². The van der Waals surface area contributed by atoms with Crippen LogP contribution in [0.1, 0.15) is 38.7 Å². The van der Waals surface area contributed by atoms with Crippen molar-refractivity contribution < 1.29 is 4.74 Å². The summed E-state index contributed by atoms with van der Waals surface area (Å²) in [4.78, 5) is 0. The van der Waals surface area contributed by atoms with Gasteiger partial charge in [0.2, 0.25) is 0 Å². The number of nitrogens with two attached hydrogens (primary N) is 1. The lowest BCUT2D eigenvalue weighted by atomic mass is 10.1. The zero-order valence-electron chi connectivity index (χ0n) is 11.1. The molecule has 0 radical (unpaired) electrons. The Bertz CT molecular complexity index is 299. The summed E-state index contributed by atoms with van der Waals surface area (Å²) in [5, 5.41) is 4.30. The summed E-state index contributed by atoms with van der Waals surface area (Å²) in [6.07, 6.45) is 8.20. The standard InChI is InChI=1S/C13H25N3O/c1-3-5-7-17-8-6-16-11-12(10-15-16)9-13(14)4-2/h10-11,13H,3-9,14H2,1-2H3. The minimum absolute atomic E-state index is 0.244. The van der Waals surface area contributed by atoms with Crippen LogP contribution in [0.2, 0.25) is 0 Å². The predicted molar refractivity (Wildman–Crippen MR) is 69.9 cm³/mol. The molecule has 4 heteroatoms. The first-order chi connectivity index (χ1) is 8.26. The Balaban J connectivity index is 2.21. The van der Waals surface area contributed by atoms with Crippen molar-refractivity contribution in [2.45, 2.75) is 52.1 Å². The highest BCUT2D eigenvalue weighted by molar-refractivity contribution is 5.05. The topological polar surface area (TPSA) is 53.1 Å². The Kier molecular flexibility index (Phi) is 6.89. The van der Waals surface area contributed by atoms with E-state index in [-0.39, 0.29) is 6.04 Å². The van der Waals surface area contributed by atoms with Gasteiger partial charge in [-0.25, -0.2) is 0 Å². The van der Waals surface area contributed by atoms with Crippen molar-refractivity contribution >= 4 is 0 Å². The highest BCUT2D eigenvalue weighted by Crippen LogP contribution is 2.03. The molecule has 0 saturated carbocycles. The molecule has 0 aliphatic carbocycles. The highest BCUT2D eigenvalue weighted by Gasteiger charge is 2.03. The van der Waals surface area contributed by atoms with Gasteiger partial charge < -0.3 is 10.5 Å². The fourth-order valence-electron chi connectivity index (χ4n) is 1.59. The van der Waals surface area contributed by atoms with Gasteiger partial charge in [0.05, 0.1) is 19.3 Å². The number of nitrogens with zero attached hydrogens (tertiary/aromatic N) is 2. The lowest BCUT2D eigenvalue weighted by molar-refractivity contribution is 0.121. The van der Waals surface area contributed by atoms with E-state index in [1.807, 2.05) is 10.9 Å². The third kappa shape index (κ3) is 5.84. The predicted octanol–water partition coefficient (Wildman–Crippen LogP) is 1.98. The Morgan fingerprint density at radius 3 is 2.94 bits per heavy atom. The molecule has 0 spiro atoms. The molecule has 1 aromatic heterocycles. The van der Waals surface area contributed by atoms with Crippen LogP contribution in [0.4, 0.5) is 0 Å². The third-order valence-corrected chi connectivity index (χ3v) is 2.82. The smallest absolute Gasteiger partial charge is 0.0662 e. The second-order valence-electron chi connectivity index (χ2n) is 4.45. The van der Waals surface area contributed by atoms with E-state index in [4.69, 9.17) is 10.5 Å². The number of unbranched alkanes of at least 4 members (excludes halogenated alkanes) is 1. The summed E-state index contributed by atoms with van der Waals surface area (Å²) in [6, 6.07) is 0.244. The van der Waals surface area contributed by atoms with E-state index in [0.717, 1.165) is 39.0 Å². The fourth-order valence-corrected chi connectivity index (χ4v) is 1.59. The molecule has 1 aromatic rings. The molecule has 0 aliphatic heterocycles. The molecule has 98 valence electrons. The number of hydrogen-bond acceptors (Lipinski definition) is 3. The van der Waals surface area contributed by atoms with Gasteiger partial charge in [-0.2, -0.15) is 5.10 Å². The molecule has 0 aliphatic rings. The molecule has 0 saturated heterocycles. The molecular formula is C13H25N3O. The first kappa shape index (κ1) is 14.2. The number of rotatable bonds is 9. The van der Waals surface area contributed by atoms with Gasteiger partial charge in [-0.3, -0.25) is 4.68 Å². The fraction of sp³-hybridized carbons (Fsp3) is 0.769. The molecule has 0 aromatic carbocycles. The maximum Gasteiger partial charge on any atom is 0.0662 e. The molecule has 0 bridgehead atoms. The summed E-state index contributed by atoms with van der Waals surface area (Å²) in [5.41, 5.74) is 7.12. The first-order valence-corrected chi connectivity index (χ1v) is 6.60. The largest absolute Gasteiger partial charge is 0.380 e. The Hall–Kier alpha value is -0.870. The van der Waals surface area contributed by atoms with Crippen LogP contribution in [-0.2, 0) is 17.7 Å². The summed E-state index contributed by atoms with van der Waals surface area (Å²) in [7, 11) is 0. The van der Waals surface area contributed by atoms with Crippen molar-refractivity contribution in [3.05, 3.63) is 18.0 Å². The lowest BCUT2D eigenvalue weighted by Crippen LogP contribution is -2.21. The second kappa shape index (κ2) is 8.25. The van der Waals surface area contributed by atoms with Gasteiger partial charge in [-0.15, -0.1) is 0 Å². The van der Waals surface area contributed by atoms with Crippen molar-refractivity contribution in [1.29, 1.82) is 0 Å². The normalized spacial score (nSPS) is 12.9. The van der Waals surface area contributed by atoms with Crippen molar-refractivity contribution in [3.8, 4) is 0 Å². The van der Waals surface area contributed by atoms with Crippen LogP contribution in [0.15, 0.2) is 12.4 Å². The Morgan fingerprint density at radius 1 is 1.41 bits per heavy atom. The van der Waals surface area contributed by atoms with Gasteiger partial charge in [-0.1, -0.05) is 20.3 Å². The van der Waals surface area contributed by atoms with E-state index in [1.165, 1.54) is 12.0 Å². The molecule has 4 nitrogen and oxygen atoms in total. The quantitative estimate of drug-likeness (QED) is 0.670. The van der Waals surface area contributed by atoms with Crippen LogP contribution < -0.4 is 5.73 Å². The van der Waals surface area contributed by atoms with E-state index >= 15 is 0 Å². The Morgan fingerprint density at radius 2 is 2.24 bits per heavy atom. The van der Waals surface area contributed by atoms with Crippen LogP contribution in [-0.4, -0.2) is 29.0 Å². The maximum absolute atomic E-state index is 5.91. The molecule has 17 heavy (non-hydrogen) atoms. The summed E-state index contributed by atoms with van der Waals surface area (Å²) < 4.78 is 7.44. The molecule has 2 N–H and O–H groups in total. The zero-order valence-corrected chi connectivity index (χ0v) is 11.1. The Labute approximate surface area is 104 Å². The monoisotopic (exact) mass is 239 g/mol. The minimum atomic E-state index is 0.244. The number of aromatic nitrogens is 2. The van der Waals surface area contributed by atoms with E-state index in [0.29, 0.717) is 0 Å². The average molecular weight is 239 g/mol. The highest BCUT2D eigenvalue weighted by atomic mass is 16.5. The SMILES string of the molecule is CCCCOCCn1cc(CC(N)CC)cn1. The van der Waals surface area contributed by atoms with Crippen molar-refractivity contribution in [2.24, 2.45) is 5.73 Å². The van der Waals surface area contributed by atoms with E-state index in [9.17, 15) is 0 Å². The lowest BCUT2D eigenvalue weighted by Gasteiger charge is -2.05. The summed E-state index contributed by atoms with van der Waals surface area (Å²) in [6.45, 7) is 6.69. The summed E-state index contributed by atoms with van der Waals surface area (Å²) in [5.74, 6) is 0.